The number of urea groups is 1. The van der Waals surface area contributed by atoms with Crippen LogP contribution in [-0.4, -0.2) is 56.8 Å². The molecule has 0 saturated carbocycles. The highest BCUT2D eigenvalue weighted by molar-refractivity contribution is 7.10. The highest BCUT2D eigenvalue weighted by atomic mass is 35.5. The SMILES string of the molecule is COc1ccc(Cl)cc1N1CCC(NC(=O)NCC(c2cccs2)N2CCCC2)C1. The van der Waals surface area contributed by atoms with E-state index in [4.69, 9.17) is 16.3 Å². The van der Waals surface area contributed by atoms with Crippen molar-refractivity contribution in [1.29, 1.82) is 0 Å². The van der Waals surface area contributed by atoms with Gasteiger partial charge < -0.3 is 20.3 Å². The van der Waals surface area contributed by atoms with E-state index in [0.29, 0.717) is 11.6 Å². The fourth-order valence-electron chi connectivity index (χ4n) is 4.38. The number of nitrogens with one attached hydrogen (secondary N) is 2. The van der Waals surface area contributed by atoms with E-state index in [1.54, 1.807) is 18.4 Å². The summed E-state index contributed by atoms with van der Waals surface area (Å²) >= 11 is 7.94. The summed E-state index contributed by atoms with van der Waals surface area (Å²) < 4.78 is 5.47. The predicted octanol–water partition coefficient (Wildman–Crippen LogP) is 4.13. The lowest BCUT2D eigenvalue weighted by Crippen LogP contribution is -2.46. The van der Waals surface area contributed by atoms with Crippen LogP contribution >= 0.6 is 22.9 Å². The Morgan fingerprint density at radius 3 is 2.87 bits per heavy atom. The normalized spacial score (nSPS) is 20.3. The van der Waals surface area contributed by atoms with Crippen LogP contribution in [-0.2, 0) is 0 Å². The summed E-state index contributed by atoms with van der Waals surface area (Å²) in [6, 6.07) is 10.1. The number of anilines is 1. The fourth-order valence-corrected chi connectivity index (χ4v) is 5.40. The van der Waals surface area contributed by atoms with Gasteiger partial charge in [0, 0.05) is 35.6 Å². The summed E-state index contributed by atoms with van der Waals surface area (Å²) in [5.41, 5.74) is 0.974. The molecule has 3 heterocycles. The molecule has 1 aromatic carbocycles. The van der Waals surface area contributed by atoms with Gasteiger partial charge in [-0.1, -0.05) is 17.7 Å². The molecule has 0 aliphatic carbocycles. The maximum absolute atomic E-state index is 12.6. The van der Waals surface area contributed by atoms with Gasteiger partial charge in [-0.3, -0.25) is 4.90 Å². The van der Waals surface area contributed by atoms with Crippen LogP contribution in [0.4, 0.5) is 10.5 Å². The first-order valence-electron chi connectivity index (χ1n) is 10.5. The molecule has 2 atom stereocenters. The number of carbonyl (C=O) groups is 1. The zero-order valence-electron chi connectivity index (χ0n) is 17.3. The van der Waals surface area contributed by atoms with Crippen LogP contribution < -0.4 is 20.3 Å². The van der Waals surface area contributed by atoms with E-state index < -0.39 is 0 Å². The number of methoxy groups -OCH3 is 1. The van der Waals surface area contributed by atoms with Crippen LogP contribution in [0.15, 0.2) is 35.7 Å². The molecule has 1 aromatic heterocycles. The molecule has 0 radical (unpaired) electrons. The van der Waals surface area contributed by atoms with E-state index in [1.165, 1.54) is 17.7 Å². The predicted molar refractivity (Wildman–Crippen MR) is 123 cm³/mol. The first-order valence-corrected chi connectivity index (χ1v) is 11.8. The lowest BCUT2D eigenvalue weighted by molar-refractivity contribution is 0.220. The average Bonchev–Trinajstić information content (AvgIpc) is 3.51. The molecule has 162 valence electrons. The van der Waals surface area contributed by atoms with Crippen molar-refractivity contribution in [1.82, 2.24) is 15.5 Å². The van der Waals surface area contributed by atoms with Crippen molar-refractivity contribution in [3.8, 4) is 5.75 Å². The van der Waals surface area contributed by atoms with Gasteiger partial charge in [0.1, 0.15) is 5.75 Å². The van der Waals surface area contributed by atoms with Crippen LogP contribution in [0.1, 0.15) is 30.2 Å². The van der Waals surface area contributed by atoms with Crippen molar-refractivity contribution in [2.24, 2.45) is 0 Å². The van der Waals surface area contributed by atoms with Gasteiger partial charge in [0.05, 0.1) is 18.8 Å². The number of nitrogens with zero attached hydrogens (tertiary/aromatic N) is 2. The smallest absolute Gasteiger partial charge is 0.315 e. The number of hydrogen-bond donors (Lipinski definition) is 2. The van der Waals surface area contributed by atoms with Gasteiger partial charge in [-0.2, -0.15) is 0 Å². The molecule has 2 aromatic rings. The molecule has 8 heteroatoms. The molecule has 2 aliphatic heterocycles. The summed E-state index contributed by atoms with van der Waals surface area (Å²) in [7, 11) is 1.66. The average molecular weight is 449 g/mol. The molecule has 2 saturated heterocycles. The number of halogens is 1. The van der Waals surface area contributed by atoms with Crippen LogP contribution in [0.3, 0.4) is 0 Å². The Kier molecular flexibility index (Phi) is 7.02. The highest BCUT2D eigenvalue weighted by Gasteiger charge is 2.28. The van der Waals surface area contributed by atoms with E-state index in [-0.39, 0.29) is 18.1 Å². The molecule has 0 spiro atoms. The molecule has 2 aliphatic rings. The van der Waals surface area contributed by atoms with Crippen LogP contribution in [0.2, 0.25) is 5.02 Å². The van der Waals surface area contributed by atoms with Crippen molar-refractivity contribution < 1.29 is 9.53 Å². The van der Waals surface area contributed by atoms with Crippen molar-refractivity contribution in [2.75, 3.05) is 44.7 Å². The largest absolute Gasteiger partial charge is 0.495 e. The van der Waals surface area contributed by atoms with Crippen molar-refractivity contribution >= 4 is 34.7 Å². The Hall–Kier alpha value is -1.96. The number of ether oxygens (including phenoxy) is 1. The molecular weight excluding hydrogens is 420 g/mol. The molecule has 2 fully saturated rings. The van der Waals surface area contributed by atoms with Crippen molar-refractivity contribution in [3.63, 3.8) is 0 Å². The molecular formula is C22H29ClN4O2S. The van der Waals surface area contributed by atoms with Crippen molar-refractivity contribution in [2.45, 2.75) is 31.3 Å². The first-order chi connectivity index (χ1) is 14.6. The minimum atomic E-state index is -0.0966. The Bertz CT molecular complexity index is 842. The number of thiophene rings is 1. The number of carbonyl (C=O) groups excluding carboxylic acids is 1. The maximum atomic E-state index is 12.6. The lowest BCUT2D eigenvalue weighted by atomic mass is 10.2. The van der Waals surface area contributed by atoms with E-state index in [0.717, 1.165) is 44.0 Å². The van der Waals surface area contributed by atoms with Gasteiger partial charge in [-0.05, 0) is 62.0 Å². The number of amides is 2. The number of likely N-dealkylation sites (tertiary alicyclic amines) is 1. The highest BCUT2D eigenvalue weighted by Crippen LogP contribution is 2.33. The molecule has 2 N–H and O–H groups in total. The second kappa shape index (κ2) is 9.90. The number of benzene rings is 1. The van der Waals surface area contributed by atoms with Crippen LogP contribution in [0.25, 0.3) is 0 Å². The monoisotopic (exact) mass is 448 g/mol. The zero-order valence-corrected chi connectivity index (χ0v) is 18.8. The van der Waals surface area contributed by atoms with Gasteiger partial charge in [-0.25, -0.2) is 4.79 Å². The molecule has 0 bridgehead atoms. The minimum Gasteiger partial charge on any atom is -0.495 e. The van der Waals surface area contributed by atoms with Crippen LogP contribution in [0, 0.1) is 0 Å². The van der Waals surface area contributed by atoms with E-state index >= 15 is 0 Å². The summed E-state index contributed by atoms with van der Waals surface area (Å²) in [6.45, 7) is 4.43. The van der Waals surface area contributed by atoms with E-state index in [2.05, 4.69) is 37.9 Å². The lowest BCUT2D eigenvalue weighted by Gasteiger charge is -2.27. The summed E-state index contributed by atoms with van der Waals surface area (Å²) in [5, 5.41) is 9.04. The zero-order chi connectivity index (χ0) is 20.9. The molecule has 2 amide bonds. The molecule has 6 nitrogen and oxygen atoms in total. The topological polar surface area (TPSA) is 56.8 Å². The molecule has 4 rings (SSSR count). The van der Waals surface area contributed by atoms with Gasteiger partial charge in [-0.15, -0.1) is 11.3 Å². The third-order valence-corrected chi connectivity index (χ3v) is 7.12. The standard InChI is InChI=1S/C22H29ClN4O2S/c1-29-20-7-6-16(23)13-18(20)27-11-8-17(15-27)25-22(28)24-14-19(21-5-4-12-30-21)26-9-2-3-10-26/h4-7,12-13,17,19H,2-3,8-11,14-15H2,1H3,(H2,24,25,28). The van der Waals surface area contributed by atoms with Crippen molar-refractivity contribution in [3.05, 3.63) is 45.6 Å². The minimum absolute atomic E-state index is 0.0966. The van der Waals surface area contributed by atoms with E-state index in [1.807, 2.05) is 18.2 Å². The Balaban J connectivity index is 1.31. The third kappa shape index (κ3) is 5.02. The molecule has 30 heavy (non-hydrogen) atoms. The summed E-state index contributed by atoms with van der Waals surface area (Å²) in [4.78, 5) is 18.6. The molecule has 2 unspecified atom stereocenters. The quantitative estimate of drug-likeness (QED) is 0.668. The Labute approximate surface area is 187 Å². The first kappa shape index (κ1) is 21.3. The van der Waals surface area contributed by atoms with Gasteiger partial charge in [0.25, 0.3) is 0 Å². The number of hydrogen-bond acceptors (Lipinski definition) is 5. The van der Waals surface area contributed by atoms with Gasteiger partial charge in [0.2, 0.25) is 0 Å². The third-order valence-electron chi connectivity index (χ3n) is 5.91. The second-order valence-corrected chi connectivity index (χ2v) is 9.29. The van der Waals surface area contributed by atoms with E-state index in [9.17, 15) is 4.79 Å². The maximum Gasteiger partial charge on any atom is 0.315 e. The van der Waals surface area contributed by atoms with Crippen LogP contribution in [0.5, 0.6) is 5.75 Å². The fraction of sp³-hybridized carbons (Fsp3) is 0.500. The summed E-state index contributed by atoms with van der Waals surface area (Å²) in [5.74, 6) is 0.800. The summed E-state index contributed by atoms with van der Waals surface area (Å²) in [6.07, 6.45) is 3.36. The number of rotatable bonds is 7. The Morgan fingerprint density at radius 2 is 2.13 bits per heavy atom. The van der Waals surface area contributed by atoms with Gasteiger partial charge in [0.15, 0.2) is 0 Å². The second-order valence-electron chi connectivity index (χ2n) is 7.88. The van der Waals surface area contributed by atoms with Gasteiger partial charge >= 0.3 is 6.03 Å². The Morgan fingerprint density at radius 1 is 1.30 bits per heavy atom.